The molecular formula is C22H21BrN2O3S. The van der Waals surface area contributed by atoms with Gasteiger partial charge in [-0.25, -0.2) is 8.42 Å². The summed E-state index contributed by atoms with van der Waals surface area (Å²) >= 11 is 3.32. The van der Waals surface area contributed by atoms with Crippen molar-refractivity contribution in [2.45, 2.75) is 17.7 Å². The predicted molar refractivity (Wildman–Crippen MR) is 118 cm³/mol. The highest BCUT2D eigenvalue weighted by molar-refractivity contribution is 9.10. The lowest BCUT2D eigenvalue weighted by Crippen LogP contribution is -2.41. The average Bonchev–Trinajstić information content (AvgIpc) is 2.74. The standard InChI is InChI=1S/C22H21BrN2O3S/c23-18-8-10-19(11-9-18)29(27,28)25-14-12-17(13-15-25)22(26)24-21-7-3-5-16-4-1-2-6-20(16)21/h1-11,17H,12-15H2,(H,24,26). The molecule has 29 heavy (non-hydrogen) atoms. The van der Waals surface area contributed by atoms with E-state index < -0.39 is 10.0 Å². The summed E-state index contributed by atoms with van der Waals surface area (Å²) in [6.07, 6.45) is 1.01. The lowest BCUT2D eigenvalue weighted by atomic mass is 9.97. The van der Waals surface area contributed by atoms with Crippen LogP contribution in [0.3, 0.4) is 0 Å². The summed E-state index contributed by atoms with van der Waals surface area (Å²) in [5, 5.41) is 5.10. The Bertz CT molecular complexity index is 1130. The van der Waals surface area contributed by atoms with Crippen molar-refractivity contribution >= 4 is 48.3 Å². The number of carbonyl (C=O) groups is 1. The maximum atomic E-state index is 12.8. The number of nitrogens with one attached hydrogen (secondary N) is 1. The third-order valence-corrected chi connectivity index (χ3v) is 7.77. The molecule has 1 aliphatic rings. The molecule has 3 aromatic carbocycles. The number of nitrogens with zero attached hydrogens (tertiary/aromatic N) is 1. The Morgan fingerprint density at radius 1 is 0.931 bits per heavy atom. The fourth-order valence-corrected chi connectivity index (χ4v) is 5.42. The first kappa shape index (κ1) is 20.1. The van der Waals surface area contributed by atoms with E-state index in [1.165, 1.54) is 4.31 Å². The maximum absolute atomic E-state index is 12.8. The van der Waals surface area contributed by atoms with Crippen molar-refractivity contribution in [3.8, 4) is 0 Å². The predicted octanol–water partition coefficient (Wildman–Crippen LogP) is 4.64. The number of anilines is 1. The Hall–Kier alpha value is -2.22. The smallest absolute Gasteiger partial charge is 0.243 e. The summed E-state index contributed by atoms with van der Waals surface area (Å²) in [5.74, 6) is -0.257. The van der Waals surface area contributed by atoms with Crippen LogP contribution < -0.4 is 5.32 Å². The van der Waals surface area contributed by atoms with Crippen molar-refractivity contribution in [3.05, 3.63) is 71.2 Å². The highest BCUT2D eigenvalue weighted by Gasteiger charge is 2.32. The summed E-state index contributed by atoms with van der Waals surface area (Å²) in [5.41, 5.74) is 0.790. The van der Waals surface area contributed by atoms with Crippen LogP contribution in [0, 0.1) is 5.92 Å². The van der Waals surface area contributed by atoms with Gasteiger partial charge >= 0.3 is 0 Å². The number of sulfonamides is 1. The highest BCUT2D eigenvalue weighted by atomic mass is 79.9. The van der Waals surface area contributed by atoms with Gasteiger partial charge in [0.25, 0.3) is 0 Å². The molecule has 0 unspecified atom stereocenters. The van der Waals surface area contributed by atoms with E-state index in [-0.39, 0.29) is 16.7 Å². The molecule has 5 nitrogen and oxygen atoms in total. The van der Waals surface area contributed by atoms with E-state index in [9.17, 15) is 13.2 Å². The number of hydrogen-bond donors (Lipinski definition) is 1. The normalized spacial score (nSPS) is 16.0. The van der Waals surface area contributed by atoms with Crippen LogP contribution in [0.4, 0.5) is 5.69 Å². The number of fused-ring (bicyclic) bond motifs is 1. The van der Waals surface area contributed by atoms with Crippen LogP contribution in [0.5, 0.6) is 0 Å². The molecule has 0 radical (unpaired) electrons. The zero-order valence-electron chi connectivity index (χ0n) is 15.7. The van der Waals surface area contributed by atoms with Gasteiger partial charge in [-0.05, 0) is 48.6 Å². The number of piperidine rings is 1. The average molecular weight is 473 g/mol. The van der Waals surface area contributed by atoms with Crippen LogP contribution in [0.2, 0.25) is 0 Å². The molecule has 0 aromatic heterocycles. The molecule has 1 amide bonds. The molecule has 1 N–H and O–H groups in total. The van der Waals surface area contributed by atoms with Gasteiger partial charge in [-0.2, -0.15) is 4.31 Å². The molecule has 3 aromatic rings. The summed E-state index contributed by atoms with van der Waals surface area (Å²) < 4.78 is 27.9. The van der Waals surface area contributed by atoms with Crippen LogP contribution in [-0.2, 0) is 14.8 Å². The molecule has 0 aliphatic carbocycles. The van der Waals surface area contributed by atoms with Gasteiger partial charge in [0.05, 0.1) is 4.90 Å². The Morgan fingerprint density at radius 3 is 2.31 bits per heavy atom. The molecule has 1 heterocycles. The third kappa shape index (κ3) is 4.22. The number of halogens is 1. The quantitative estimate of drug-likeness (QED) is 0.601. The largest absolute Gasteiger partial charge is 0.325 e. The first-order valence-electron chi connectivity index (χ1n) is 9.49. The van der Waals surface area contributed by atoms with E-state index in [2.05, 4.69) is 21.2 Å². The molecule has 0 bridgehead atoms. The van der Waals surface area contributed by atoms with E-state index >= 15 is 0 Å². The SMILES string of the molecule is O=C(Nc1cccc2ccccc12)C1CCN(S(=O)(=O)c2ccc(Br)cc2)CC1. The van der Waals surface area contributed by atoms with Crippen molar-refractivity contribution in [3.63, 3.8) is 0 Å². The van der Waals surface area contributed by atoms with Crippen molar-refractivity contribution < 1.29 is 13.2 Å². The third-order valence-electron chi connectivity index (χ3n) is 5.32. The molecule has 1 fully saturated rings. The summed E-state index contributed by atoms with van der Waals surface area (Å²) in [7, 11) is -3.53. The molecule has 0 saturated carbocycles. The zero-order valence-corrected chi connectivity index (χ0v) is 18.1. The zero-order chi connectivity index (χ0) is 20.4. The Kier molecular flexibility index (Phi) is 5.72. The minimum absolute atomic E-state index is 0.0537. The van der Waals surface area contributed by atoms with Crippen LogP contribution in [-0.4, -0.2) is 31.7 Å². The number of amides is 1. The molecule has 150 valence electrons. The summed E-state index contributed by atoms with van der Waals surface area (Å²) in [4.78, 5) is 13.1. The van der Waals surface area contributed by atoms with Gasteiger partial charge in [-0.15, -0.1) is 0 Å². The maximum Gasteiger partial charge on any atom is 0.243 e. The molecule has 1 aliphatic heterocycles. The van der Waals surface area contributed by atoms with Gasteiger partial charge in [0.15, 0.2) is 0 Å². The van der Waals surface area contributed by atoms with Crippen molar-refractivity contribution in [2.24, 2.45) is 5.92 Å². The van der Waals surface area contributed by atoms with E-state index in [4.69, 9.17) is 0 Å². The molecule has 0 spiro atoms. The van der Waals surface area contributed by atoms with Gasteiger partial charge in [-0.3, -0.25) is 4.79 Å². The van der Waals surface area contributed by atoms with E-state index in [0.717, 1.165) is 20.9 Å². The van der Waals surface area contributed by atoms with Crippen LogP contribution in [0.15, 0.2) is 76.1 Å². The topological polar surface area (TPSA) is 66.5 Å². The molecule has 1 saturated heterocycles. The van der Waals surface area contributed by atoms with Crippen LogP contribution in [0.1, 0.15) is 12.8 Å². The molecular weight excluding hydrogens is 452 g/mol. The van der Waals surface area contributed by atoms with Crippen LogP contribution in [0.25, 0.3) is 10.8 Å². The number of carbonyl (C=O) groups excluding carboxylic acids is 1. The van der Waals surface area contributed by atoms with Gasteiger partial charge in [0, 0.05) is 34.6 Å². The lowest BCUT2D eigenvalue weighted by molar-refractivity contribution is -0.120. The summed E-state index contributed by atoms with van der Waals surface area (Å²) in [6, 6.07) is 20.4. The fraction of sp³-hybridized carbons (Fsp3) is 0.227. The first-order chi connectivity index (χ1) is 13.9. The minimum Gasteiger partial charge on any atom is -0.325 e. The second-order valence-corrected chi connectivity index (χ2v) is 10.0. The number of benzene rings is 3. The Morgan fingerprint density at radius 2 is 1.59 bits per heavy atom. The van der Waals surface area contributed by atoms with Gasteiger partial charge in [-0.1, -0.05) is 52.3 Å². The molecule has 0 atom stereocenters. The van der Waals surface area contributed by atoms with Gasteiger partial charge in [0.1, 0.15) is 0 Å². The molecule has 4 rings (SSSR count). The van der Waals surface area contributed by atoms with Gasteiger partial charge < -0.3 is 5.32 Å². The monoisotopic (exact) mass is 472 g/mol. The van der Waals surface area contributed by atoms with E-state index in [0.29, 0.717) is 25.9 Å². The molecule has 7 heteroatoms. The Balaban J connectivity index is 1.43. The van der Waals surface area contributed by atoms with Gasteiger partial charge in [0.2, 0.25) is 15.9 Å². The van der Waals surface area contributed by atoms with Crippen molar-refractivity contribution in [2.75, 3.05) is 18.4 Å². The van der Waals surface area contributed by atoms with E-state index in [1.54, 1.807) is 24.3 Å². The first-order valence-corrected chi connectivity index (χ1v) is 11.7. The second kappa shape index (κ2) is 8.26. The second-order valence-electron chi connectivity index (χ2n) is 7.15. The Labute approximate surface area is 178 Å². The van der Waals surface area contributed by atoms with E-state index in [1.807, 2.05) is 42.5 Å². The highest BCUT2D eigenvalue weighted by Crippen LogP contribution is 2.27. The number of rotatable bonds is 4. The number of hydrogen-bond acceptors (Lipinski definition) is 3. The summed E-state index contributed by atoms with van der Waals surface area (Å²) in [6.45, 7) is 0.679. The van der Waals surface area contributed by atoms with Crippen molar-refractivity contribution in [1.29, 1.82) is 0 Å². The van der Waals surface area contributed by atoms with Crippen molar-refractivity contribution in [1.82, 2.24) is 4.31 Å². The fourth-order valence-electron chi connectivity index (χ4n) is 3.68. The van der Waals surface area contributed by atoms with Crippen LogP contribution >= 0.6 is 15.9 Å². The minimum atomic E-state index is -3.53. The lowest BCUT2D eigenvalue weighted by Gasteiger charge is -2.30.